The molecule has 9 atom stereocenters. The Labute approximate surface area is 468 Å². The predicted octanol–water partition coefficient (Wildman–Crippen LogP) is -5.62. The number of nitrogens with two attached hydrogens (primary N) is 8. The third-order valence-electron chi connectivity index (χ3n) is 9.60. The molecule has 0 aliphatic carbocycles. The zero-order valence-corrected chi connectivity index (χ0v) is 45.0. The number of aromatic nitrogens is 2. The van der Waals surface area contributed by atoms with E-state index >= 15 is 0 Å². The van der Waals surface area contributed by atoms with Gasteiger partial charge in [-0.2, -0.15) is 25.3 Å². The molecule has 2 amide bonds. The number of H-pyrrole nitrogens is 1. The molecule has 4 heterocycles. The van der Waals surface area contributed by atoms with Gasteiger partial charge in [-0.1, -0.05) is 12.1 Å². The first-order valence-electron chi connectivity index (χ1n) is 23.5. The molecule has 34 nitrogen and oxygen atoms in total. The summed E-state index contributed by atoms with van der Waals surface area (Å²) in [5.41, 5.74) is 41.1. The predicted molar refractivity (Wildman–Crippen MR) is 289 cm³/mol. The Morgan fingerprint density at radius 1 is 0.487 bits per heavy atom. The number of aromatic hydroxyl groups is 1. The molecule has 80 heavy (non-hydrogen) atoms. The summed E-state index contributed by atoms with van der Waals surface area (Å²) in [6, 6.07) is -0.193. The van der Waals surface area contributed by atoms with Crippen molar-refractivity contribution >= 4 is 90.8 Å². The highest BCUT2D eigenvalue weighted by Gasteiger charge is 2.22. The van der Waals surface area contributed by atoms with Gasteiger partial charge in [-0.25, -0.2) is 4.98 Å². The van der Waals surface area contributed by atoms with Crippen LogP contribution < -0.4 is 61.8 Å². The highest BCUT2D eigenvalue weighted by Crippen LogP contribution is 2.11. The molecule has 456 valence electrons. The van der Waals surface area contributed by atoms with Crippen molar-refractivity contribution in [2.75, 3.05) is 31.1 Å². The van der Waals surface area contributed by atoms with Crippen LogP contribution in [0.5, 0.6) is 5.75 Å². The van der Waals surface area contributed by atoms with E-state index < -0.39 is 102 Å². The number of nitrogens with one attached hydrogen (secondary N) is 4. The Hall–Kier alpha value is -7.26. The Morgan fingerprint density at radius 3 is 0.963 bits per heavy atom. The number of nitrogens with zero attached hydrogens (tertiary/aromatic N) is 1. The SMILES string of the molecule is NC(=O)C[C@H](N)C(=O)O.NC(=O)C[C@H](N)C(=O)O.N[C@@H](CS)C(=O)O.N[C@@H](CS)C(=O)O.N[C@@H](Cc1ccc(O)cc1)C(=O)O.N[C@@H](Cc1cnc[nH]1)C(=O)O.O=C(O)[C@@H]1CCCN1.O=C(O)[C@@H]1CCCN1.O=C(O)[C@@H]1CCCN1. The van der Waals surface area contributed by atoms with E-state index in [4.69, 9.17) is 85.5 Å². The van der Waals surface area contributed by atoms with E-state index in [1.54, 1.807) is 18.3 Å². The largest absolute Gasteiger partial charge is 0.508 e. The van der Waals surface area contributed by atoms with E-state index in [0.29, 0.717) is 0 Å². The fourth-order valence-electron chi connectivity index (χ4n) is 5.14. The van der Waals surface area contributed by atoms with Gasteiger partial charge in [0.05, 0.1) is 19.2 Å². The molecule has 3 aliphatic heterocycles. The van der Waals surface area contributed by atoms with Crippen LogP contribution in [0.2, 0.25) is 0 Å². The molecule has 0 unspecified atom stereocenters. The van der Waals surface area contributed by atoms with Crippen molar-refractivity contribution in [1.82, 2.24) is 25.9 Å². The van der Waals surface area contributed by atoms with Crippen LogP contribution in [0.1, 0.15) is 62.6 Å². The van der Waals surface area contributed by atoms with Gasteiger partial charge in [0.15, 0.2) is 0 Å². The average Bonchev–Trinajstić information content (AvgIpc) is 4.25. The molecule has 0 bridgehead atoms. The average molecular weight is 1190 g/mol. The Balaban J connectivity index is -0.000000409. The van der Waals surface area contributed by atoms with Crippen molar-refractivity contribution in [2.24, 2.45) is 45.9 Å². The molecule has 0 spiro atoms. The molecule has 36 heteroatoms. The van der Waals surface area contributed by atoms with Gasteiger partial charge in [0.2, 0.25) is 11.8 Å². The fourth-order valence-corrected chi connectivity index (χ4v) is 5.46. The highest BCUT2D eigenvalue weighted by atomic mass is 32.1. The van der Waals surface area contributed by atoms with E-state index in [-0.39, 0.29) is 61.1 Å². The summed E-state index contributed by atoms with van der Waals surface area (Å²) in [5.74, 6) is -9.49. The van der Waals surface area contributed by atoms with Crippen LogP contribution in [0.15, 0.2) is 36.8 Å². The molecular weight excluding hydrogens is 1110 g/mol. The number of carbonyl (C=O) groups is 11. The maximum atomic E-state index is 10.4. The molecule has 5 rings (SSSR count). The number of carbonyl (C=O) groups excluding carboxylic acids is 2. The molecule has 1 aromatic carbocycles. The first kappa shape index (κ1) is 79.2. The minimum absolute atomic E-state index is 0.160. The maximum absolute atomic E-state index is 10.4. The van der Waals surface area contributed by atoms with Crippen molar-refractivity contribution in [1.29, 1.82) is 0 Å². The summed E-state index contributed by atoms with van der Waals surface area (Å²) in [5, 5.41) is 91.7. The van der Waals surface area contributed by atoms with E-state index in [1.807, 2.05) is 0 Å². The van der Waals surface area contributed by atoms with E-state index in [0.717, 1.165) is 69.4 Å². The lowest BCUT2D eigenvalue weighted by Gasteiger charge is -2.05. The minimum atomic E-state index is -1.21. The first-order chi connectivity index (χ1) is 37.1. The monoisotopic (exact) mass is 1190 g/mol. The topological polar surface area (TPSA) is 663 Å². The number of imidazole rings is 1. The van der Waals surface area contributed by atoms with Gasteiger partial charge < -0.3 is 118 Å². The second-order valence-electron chi connectivity index (χ2n) is 16.5. The van der Waals surface area contributed by atoms with Crippen LogP contribution >= 0.6 is 25.3 Å². The van der Waals surface area contributed by atoms with Crippen LogP contribution in [0, 0.1) is 0 Å². The van der Waals surface area contributed by atoms with Crippen molar-refractivity contribution in [3.05, 3.63) is 48.0 Å². The second kappa shape index (κ2) is 46.6. The number of thiol groups is 2. The second-order valence-corrected chi connectivity index (χ2v) is 17.2. The van der Waals surface area contributed by atoms with Crippen LogP contribution in [-0.4, -0.2) is 212 Å². The number of phenols is 1. The Kier molecular flexibility index (Phi) is 46.2. The van der Waals surface area contributed by atoms with Crippen LogP contribution in [0.25, 0.3) is 0 Å². The maximum Gasteiger partial charge on any atom is 0.321 e. The van der Waals surface area contributed by atoms with Gasteiger partial charge in [0.25, 0.3) is 0 Å². The summed E-state index contributed by atoms with van der Waals surface area (Å²) in [4.78, 5) is 117. The number of aliphatic carboxylic acids is 9. The van der Waals surface area contributed by atoms with Crippen molar-refractivity contribution in [3.8, 4) is 5.75 Å². The lowest BCUT2D eigenvalue weighted by Crippen LogP contribution is -2.34. The summed E-state index contributed by atoms with van der Waals surface area (Å²) >= 11 is 7.30. The van der Waals surface area contributed by atoms with Gasteiger partial charge in [0, 0.05) is 29.8 Å². The van der Waals surface area contributed by atoms with Crippen molar-refractivity contribution in [3.63, 3.8) is 0 Å². The molecule has 0 saturated carbocycles. The van der Waals surface area contributed by atoms with Gasteiger partial charge >= 0.3 is 53.7 Å². The van der Waals surface area contributed by atoms with Gasteiger partial charge in [0.1, 0.15) is 60.1 Å². The summed E-state index contributed by atoms with van der Waals surface area (Å²) in [7, 11) is 0. The van der Waals surface area contributed by atoms with E-state index in [9.17, 15) is 52.7 Å². The third kappa shape index (κ3) is 45.7. The summed E-state index contributed by atoms with van der Waals surface area (Å²) in [6.07, 6.45) is 8.34. The minimum Gasteiger partial charge on any atom is -0.508 e. The number of hydrogen-bond donors (Lipinski definition) is 24. The number of carboxylic acids is 9. The molecule has 3 fully saturated rings. The number of aromatic amines is 1. The lowest BCUT2D eigenvalue weighted by atomic mass is 10.1. The standard InChI is InChI=1S/C9H11NO3.C6H9N3O2.3C5H9NO2.2C4H8N2O3.2C3H7NO2S/c10-8(9(12)13)5-6-1-3-7(11)4-2-6;7-5(6(10)11)1-4-2-8-3-9-4;3*7-5(8)4-2-1-3-6-4;2*5-2(4(8)9)1-3(6)7;2*4-2(1-7)3(5)6/h1-4,8,11H,5,10H2,(H,12,13);2-3,5H,1,7H2,(H,8,9)(H,10,11);3*4,6H,1-3H2,(H,7,8);2*2H,1,5H2,(H2,6,7)(H,8,9);2*2,7H,1,4H2,(H,5,6)/t8-;5-;3*4-;4*2-/m000000000/s1. The van der Waals surface area contributed by atoms with Crippen LogP contribution in [-0.2, 0) is 65.6 Å². The number of amides is 2. The zero-order chi connectivity index (χ0) is 62.7. The van der Waals surface area contributed by atoms with Crippen molar-refractivity contribution < 1.29 is 104 Å². The van der Waals surface area contributed by atoms with Crippen LogP contribution in [0.4, 0.5) is 0 Å². The molecule has 3 saturated heterocycles. The molecule has 3 aliphatic rings. The molecule has 0 radical (unpaired) electrons. The molecule has 2 aromatic rings. The number of phenolic OH excluding ortho intramolecular Hbond substituents is 1. The number of carboxylic acid groups (broad SMARTS) is 9. The summed E-state index contributed by atoms with van der Waals surface area (Å²) < 4.78 is 0. The fraction of sp³-hybridized carbons (Fsp3) is 0.545. The summed E-state index contributed by atoms with van der Waals surface area (Å²) in [6.45, 7) is 2.57. The third-order valence-corrected chi connectivity index (χ3v) is 10.4. The van der Waals surface area contributed by atoms with E-state index in [1.165, 1.54) is 18.5 Å². The lowest BCUT2D eigenvalue weighted by molar-refractivity contribution is -0.140. The Bertz CT molecular complexity index is 2040. The number of rotatable bonds is 19. The molecule has 30 N–H and O–H groups in total. The first-order valence-corrected chi connectivity index (χ1v) is 24.7. The van der Waals surface area contributed by atoms with Crippen LogP contribution in [0.3, 0.4) is 0 Å². The molecular formula is C44H77N13O21S2. The Morgan fingerprint density at radius 2 is 0.787 bits per heavy atom. The van der Waals surface area contributed by atoms with E-state index in [2.05, 4.69) is 62.6 Å². The quantitative estimate of drug-likeness (QED) is 0.0583. The van der Waals surface area contributed by atoms with Crippen molar-refractivity contribution in [2.45, 2.75) is 119 Å². The number of hydrogen-bond acceptors (Lipinski definition) is 24. The smallest absolute Gasteiger partial charge is 0.321 e. The molecule has 1 aromatic heterocycles. The normalized spacial score (nSPS) is 17.4. The zero-order valence-electron chi connectivity index (χ0n) is 43.2. The number of benzene rings is 1. The number of primary amides is 2. The highest BCUT2D eigenvalue weighted by molar-refractivity contribution is 7.80. The van der Waals surface area contributed by atoms with Gasteiger partial charge in [-0.15, -0.1) is 0 Å². The van der Waals surface area contributed by atoms with Gasteiger partial charge in [-0.05, 0) is 82.3 Å². The van der Waals surface area contributed by atoms with Gasteiger partial charge in [-0.3, -0.25) is 52.7 Å².